The zero-order valence-electron chi connectivity index (χ0n) is 21.9. The molecule has 9 heteroatoms. The van der Waals surface area contributed by atoms with Gasteiger partial charge in [0.25, 0.3) is 11.8 Å². The van der Waals surface area contributed by atoms with Crippen molar-refractivity contribution in [1.29, 1.82) is 0 Å². The Balaban J connectivity index is 1.40. The molecule has 2 aliphatic rings. The van der Waals surface area contributed by atoms with Gasteiger partial charge < -0.3 is 20.1 Å². The van der Waals surface area contributed by atoms with Gasteiger partial charge in [-0.1, -0.05) is 35.4 Å². The van der Waals surface area contributed by atoms with Crippen LogP contribution in [-0.2, 0) is 11.2 Å². The molecule has 7 nitrogen and oxygen atoms in total. The molecule has 0 bridgehead atoms. The molecule has 0 aromatic heterocycles. The van der Waals surface area contributed by atoms with Crippen LogP contribution in [0.3, 0.4) is 0 Å². The normalized spacial score (nSPS) is 19.3. The van der Waals surface area contributed by atoms with E-state index in [9.17, 15) is 23.9 Å². The molecule has 1 aliphatic heterocycles. The number of methoxy groups -OCH3 is 1. The number of para-hydroxylation sites is 1. The number of allylic oxidation sites excluding steroid dienone is 1. The van der Waals surface area contributed by atoms with Crippen LogP contribution in [0.2, 0.25) is 5.02 Å². The number of aliphatic carboxylic acids is 1. The molecule has 206 valence electrons. The first-order valence-electron chi connectivity index (χ1n) is 12.9. The second-order valence-corrected chi connectivity index (χ2v) is 10.7. The molecule has 2 amide bonds. The molecule has 0 unspecified atom stereocenters. The summed E-state index contributed by atoms with van der Waals surface area (Å²) in [6, 6.07) is 16.1. The molecule has 3 aromatic carbocycles. The Bertz CT molecular complexity index is 1540. The van der Waals surface area contributed by atoms with Gasteiger partial charge in [0, 0.05) is 23.9 Å². The quantitative estimate of drug-likeness (QED) is 0.345. The van der Waals surface area contributed by atoms with Crippen molar-refractivity contribution in [3.05, 3.63) is 99.8 Å². The highest BCUT2D eigenvalue weighted by Gasteiger charge is 2.40. The van der Waals surface area contributed by atoms with E-state index in [1.807, 2.05) is 24.3 Å². The van der Waals surface area contributed by atoms with Gasteiger partial charge in [-0.2, -0.15) is 0 Å². The van der Waals surface area contributed by atoms with Crippen molar-refractivity contribution in [1.82, 2.24) is 0 Å². The lowest BCUT2D eigenvalue weighted by molar-refractivity contribution is -0.131. The Morgan fingerprint density at radius 1 is 1.07 bits per heavy atom. The second-order valence-electron chi connectivity index (χ2n) is 10.3. The first-order chi connectivity index (χ1) is 19.2. The van der Waals surface area contributed by atoms with Crippen molar-refractivity contribution in [3.8, 4) is 5.75 Å². The molecule has 1 saturated carbocycles. The molecule has 1 heterocycles. The smallest absolute Gasteiger partial charge is 0.328 e. The summed E-state index contributed by atoms with van der Waals surface area (Å²) in [5, 5.41) is 12.0. The highest BCUT2D eigenvalue weighted by Crippen LogP contribution is 2.49. The van der Waals surface area contributed by atoms with Gasteiger partial charge in [-0.15, -0.1) is 0 Å². The van der Waals surface area contributed by atoms with Crippen LogP contribution >= 0.6 is 11.6 Å². The number of nitrogens with one attached hydrogen (secondary N) is 1. The second kappa shape index (κ2) is 11.1. The van der Waals surface area contributed by atoms with Crippen LogP contribution in [0.5, 0.6) is 5.75 Å². The Kier molecular flexibility index (Phi) is 7.63. The summed E-state index contributed by atoms with van der Waals surface area (Å²) in [6.07, 6.45) is 5.15. The molecule has 5 rings (SSSR count). The minimum atomic E-state index is -0.925. The molecule has 1 spiro atoms. The number of halogens is 2. The first-order valence-corrected chi connectivity index (χ1v) is 13.3. The summed E-state index contributed by atoms with van der Waals surface area (Å²) >= 11 is 6.08. The Morgan fingerprint density at radius 2 is 1.88 bits per heavy atom. The SMILES string of the molecule is COc1cc(C(=O)N2CC[C@@]3(CC/C(=C\C(=O)O)C3)Cc3ccccc32)ccc1NC(=O)c1cc(F)ccc1Cl. The van der Waals surface area contributed by atoms with Crippen LogP contribution in [-0.4, -0.2) is 36.5 Å². The number of amides is 2. The number of carboxylic acid groups (broad SMARTS) is 1. The van der Waals surface area contributed by atoms with Gasteiger partial charge >= 0.3 is 5.97 Å². The van der Waals surface area contributed by atoms with Gasteiger partial charge in [-0.25, -0.2) is 9.18 Å². The number of carbonyl (C=O) groups is 3. The van der Waals surface area contributed by atoms with Crippen LogP contribution in [0.15, 0.2) is 72.3 Å². The number of nitrogens with zero attached hydrogens (tertiary/aromatic N) is 1. The van der Waals surface area contributed by atoms with Gasteiger partial charge in [0.15, 0.2) is 0 Å². The fraction of sp³-hybridized carbons (Fsp3) is 0.258. The third-order valence-corrected chi connectivity index (χ3v) is 8.06. The van der Waals surface area contributed by atoms with E-state index in [-0.39, 0.29) is 27.7 Å². The van der Waals surface area contributed by atoms with Crippen molar-refractivity contribution >= 4 is 40.8 Å². The van der Waals surface area contributed by atoms with Gasteiger partial charge in [0.05, 0.1) is 23.4 Å². The minimum Gasteiger partial charge on any atom is -0.495 e. The van der Waals surface area contributed by atoms with Crippen molar-refractivity contribution < 1.29 is 28.6 Å². The molecule has 1 atom stereocenters. The lowest BCUT2D eigenvalue weighted by Crippen LogP contribution is -2.33. The van der Waals surface area contributed by atoms with Gasteiger partial charge in [-0.3, -0.25) is 9.59 Å². The number of hydrogen-bond donors (Lipinski definition) is 2. The molecule has 2 N–H and O–H groups in total. The summed E-state index contributed by atoms with van der Waals surface area (Å²) in [6.45, 7) is 0.481. The van der Waals surface area contributed by atoms with Crippen molar-refractivity contribution in [3.63, 3.8) is 0 Å². The molecule has 0 radical (unpaired) electrons. The van der Waals surface area contributed by atoms with E-state index in [0.29, 0.717) is 24.2 Å². The number of hydrogen-bond acceptors (Lipinski definition) is 4. The lowest BCUT2D eigenvalue weighted by Gasteiger charge is -2.27. The zero-order chi connectivity index (χ0) is 28.4. The van der Waals surface area contributed by atoms with E-state index in [1.54, 1.807) is 23.1 Å². The lowest BCUT2D eigenvalue weighted by atomic mass is 9.77. The van der Waals surface area contributed by atoms with Crippen LogP contribution in [0.25, 0.3) is 0 Å². The van der Waals surface area contributed by atoms with Crippen molar-refractivity contribution in [2.24, 2.45) is 5.41 Å². The molecule has 1 fully saturated rings. The van der Waals surface area contributed by atoms with Crippen LogP contribution in [0, 0.1) is 11.2 Å². The van der Waals surface area contributed by atoms with Crippen LogP contribution < -0.4 is 15.0 Å². The summed E-state index contributed by atoms with van der Waals surface area (Å²) < 4.78 is 19.2. The Morgan fingerprint density at radius 3 is 2.65 bits per heavy atom. The van der Waals surface area contributed by atoms with Gasteiger partial charge in [0.2, 0.25) is 0 Å². The fourth-order valence-electron chi connectivity index (χ4n) is 5.79. The maximum absolute atomic E-state index is 13.9. The van der Waals surface area contributed by atoms with Crippen molar-refractivity contribution in [2.45, 2.75) is 32.1 Å². The van der Waals surface area contributed by atoms with Gasteiger partial charge in [-0.05, 0) is 85.5 Å². The molecular formula is C31H28ClFN2O5. The zero-order valence-corrected chi connectivity index (χ0v) is 22.6. The number of carboxylic acids is 1. The van der Waals surface area contributed by atoms with Gasteiger partial charge in [0.1, 0.15) is 11.6 Å². The number of benzene rings is 3. The molecule has 0 saturated heterocycles. The molecule has 40 heavy (non-hydrogen) atoms. The highest BCUT2D eigenvalue weighted by molar-refractivity contribution is 6.34. The Hall–Kier alpha value is -4.17. The number of rotatable bonds is 5. The van der Waals surface area contributed by atoms with Crippen LogP contribution in [0.1, 0.15) is 52.0 Å². The summed E-state index contributed by atoms with van der Waals surface area (Å²) in [7, 11) is 1.43. The Labute approximate surface area is 236 Å². The highest BCUT2D eigenvalue weighted by atomic mass is 35.5. The van der Waals surface area contributed by atoms with E-state index >= 15 is 0 Å². The maximum Gasteiger partial charge on any atom is 0.328 e. The molecule has 1 aliphatic carbocycles. The van der Waals surface area contributed by atoms with E-state index in [4.69, 9.17) is 16.3 Å². The first kappa shape index (κ1) is 27.4. The summed E-state index contributed by atoms with van der Waals surface area (Å²) in [5.74, 6) is -2.07. The number of carbonyl (C=O) groups excluding carboxylic acids is 2. The number of ether oxygens (including phenoxy) is 1. The predicted octanol–water partition coefficient (Wildman–Crippen LogP) is 6.51. The number of anilines is 2. The maximum atomic E-state index is 13.9. The minimum absolute atomic E-state index is 0.0211. The van der Waals surface area contributed by atoms with E-state index in [2.05, 4.69) is 5.32 Å². The topological polar surface area (TPSA) is 95.9 Å². The standard InChI is InChI=1S/C31H28ClFN2O5/c1-40-27-15-20(6-9-25(27)34-29(38)23-16-22(33)7-8-24(23)32)30(39)35-13-12-31(11-10-19(17-31)14-28(36)37)18-21-4-2-3-5-26(21)35/h2-9,14-16H,10-13,17-18H2,1H3,(H,34,38)(H,36,37)/b19-14+/t31-/m1/s1. The average Bonchev–Trinajstić information content (AvgIpc) is 3.23. The van der Waals surface area contributed by atoms with E-state index in [0.717, 1.165) is 48.6 Å². The number of fused-ring (bicyclic) bond motifs is 1. The largest absolute Gasteiger partial charge is 0.495 e. The van der Waals surface area contributed by atoms with E-state index in [1.165, 1.54) is 25.3 Å². The summed E-state index contributed by atoms with van der Waals surface area (Å²) in [4.78, 5) is 39.7. The monoisotopic (exact) mass is 562 g/mol. The van der Waals surface area contributed by atoms with E-state index < -0.39 is 17.7 Å². The van der Waals surface area contributed by atoms with Crippen LogP contribution in [0.4, 0.5) is 15.8 Å². The summed E-state index contributed by atoms with van der Waals surface area (Å²) in [5.41, 5.74) is 3.38. The predicted molar refractivity (Wildman–Crippen MR) is 151 cm³/mol. The molecule has 3 aromatic rings. The van der Waals surface area contributed by atoms with Crippen molar-refractivity contribution in [2.75, 3.05) is 23.9 Å². The third kappa shape index (κ3) is 5.58. The third-order valence-electron chi connectivity index (χ3n) is 7.73. The average molecular weight is 563 g/mol. The fourth-order valence-corrected chi connectivity index (χ4v) is 5.99. The molecular weight excluding hydrogens is 535 g/mol.